The molecule has 1 aliphatic rings. The van der Waals surface area contributed by atoms with Crippen molar-refractivity contribution in [2.45, 2.75) is 24.9 Å². The topological polar surface area (TPSA) is 42.6 Å². The Labute approximate surface area is 91.2 Å². The van der Waals surface area contributed by atoms with E-state index in [4.69, 9.17) is 9.15 Å². The van der Waals surface area contributed by atoms with E-state index in [1.165, 1.54) is 0 Å². The van der Waals surface area contributed by atoms with Crippen LogP contribution in [0.1, 0.15) is 18.4 Å². The van der Waals surface area contributed by atoms with Crippen molar-refractivity contribution in [2.24, 2.45) is 0 Å². The Morgan fingerprint density at radius 1 is 1.57 bits per heavy atom. The maximum Gasteiger partial charge on any atom is 0.169 e. The van der Waals surface area contributed by atoms with E-state index in [1.807, 2.05) is 6.07 Å². The van der Waals surface area contributed by atoms with Gasteiger partial charge < -0.3 is 14.3 Å². The van der Waals surface area contributed by atoms with Crippen LogP contribution in [0.3, 0.4) is 0 Å². The van der Waals surface area contributed by atoms with Gasteiger partial charge in [-0.15, -0.1) is 0 Å². The van der Waals surface area contributed by atoms with Crippen LogP contribution in [-0.4, -0.2) is 23.9 Å². The third kappa shape index (κ3) is 2.38. The number of furan rings is 1. The molecule has 0 amide bonds. The van der Waals surface area contributed by atoms with E-state index in [1.54, 1.807) is 6.26 Å². The smallest absolute Gasteiger partial charge is 0.169 e. The fourth-order valence-electron chi connectivity index (χ4n) is 1.80. The summed E-state index contributed by atoms with van der Waals surface area (Å²) < 4.78 is 11.1. The van der Waals surface area contributed by atoms with Crippen LogP contribution < -0.4 is 0 Å². The standard InChI is InChI=1S/C10H13BrO3/c11-9-4-8(6-14-9)5-10(12)2-1-3-13-7-10/h4,6,12H,1-3,5,7H2. The van der Waals surface area contributed by atoms with Gasteiger partial charge in [0.1, 0.15) is 0 Å². The molecule has 3 nitrogen and oxygen atoms in total. The molecule has 2 heterocycles. The van der Waals surface area contributed by atoms with Crippen LogP contribution in [0.2, 0.25) is 0 Å². The third-order valence-electron chi connectivity index (χ3n) is 2.46. The molecule has 78 valence electrons. The highest BCUT2D eigenvalue weighted by molar-refractivity contribution is 9.10. The predicted octanol–water partition coefficient (Wildman–Crippen LogP) is 2.13. The van der Waals surface area contributed by atoms with E-state index >= 15 is 0 Å². The molecule has 2 rings (SSSR count). The van der Waals surface area contributed by atoms with Crippen molar-refractivity contribution in [3.8, 4) is 0 Å². The van der Waals surface area contributed by atoms with Crippen LogP contribution in [0.5, 0.6) is 0 Å². The number of rotatable bonds is 2. The molecule has 14 heavy (non-hydrogen) atoms. The molecule has 1 aromatic rings. The molecule has 0 aromatic carbocycles. The number of hydrogen-bond donors (Lipinski definition) is 1. The summed E-state index contributed by atoms with van der Waals surface area (Å²) >= 11 is 3.24. The van der Waals surface area contributed by atoms with E-state index in [-0.39, 0.29) is 0 Å². The van der Waals surface area contributed by atoms with Crippen molar-refractivity contribution < 1.29 is 14.3 Å². The van der Waals surface area contributed by atoms with Crippen molar-refractivity contribution in [2.75, 3.05) is 13.2 Å². The lowest BCUT2D eigenvalue weighted by Crippen LogP contribution is -2.40. The van der Waals surface area contributed by atoms with Crippen LogP contribution in [0.15, 0.2) is 21.4 Å². The highest BCUT2D eigenvalue weighted by Gasteiger charge is 2.30. The van der Waals surface area contributed by atoms with Crippen LogP contribution in [-0.2, 0) is 11.2 Å². The summed E-state index contributed by atoms with van der Waals surface area (Å²) in [4.78, 5) is 0. The minimum Gasteiger partial charge on any atom is -0.457 e. The second-order valence-corrected chi connectivity index (χ2v) is 4.60. The van der Waals surface area contributed by atoms with Crippen LogP contribution in [0.4, 0.5) is 0 Å². The zero-order valence-corrected chi connectivity index (χ0v) is 9.42. The minimum atomic E-state index is -0.707. The average Bonchev–Trinajstić information content (AvgIpc) is 2.51. The molecule has 4 heteroatoms. The van der Waals surface area contributed by atoms with Crippen LogP contribution in [0, 0.1) is 0 Å². The molecular formula is C10H13BrO3. The lowest BCUT2D eigenvalue weighted by atomic mass is 9.90. The van der Waals surface area contributed by atoms with E-state index in [0.29, 0.717) is 17.7 Å². The second-order valence-electron chi connectivity index (χ2n) is 3.82. The number of ether oxygens (including phenoxy) is 1. The van der Waals surface area contributed by atoms with E-state index < -0.39 is 5.60 Å². The summed E-state index contributed by atoms with van der Waals surface area (Å²) in [6.07, 6.45) is 3.99. The first-order chi connectivity index (χ1) is 6.68. The van der Waals surface area contributed by atoms with Crippen molar-refractivity contribution in [3.63, 3.8) is 0 Å². The van der Waals surface area contributed by atoms with Crippen LogP contribution in [0.25, 0.3) is 0 Å². The van der Waals surface area contributed by atoms with Crippen molar-refractivity contribution >= 4 is 15.9 Å². The molecule has 1 saturated heterocycles. The molecule has 1 atom stereocenters. The molecule has 0 radical (unpaired) electrons. The third-order valence-corrected chi connectivity index (χ3v) is 2.87. The first-order valence-corrected chi connectivity index (χ1v) is 5.50. The predicted molar refractivity (Wildman–Crippen MR) is 55.1 cm³/mol. The second kappa shape index (κ2) is 4.04. The van der Waals surface area contributed by atoms with Gasteiger partial charge in [-0.2, -0.15) is 0 Å². The molecular weight excluding hydrogens is 248 g/mol. The fourth-order valence-corrected chi connectivity index (χ4v) is 2.18. The monoisotopic (exact) mass is 260 g/mol. The lowest BCUT2D eigenvalue weighted by molar-refractivity contribution is -0.0845. The average molecular weight is 261 g/mol. The Morgan fingerprint density at radius 3 is 3.00 bits per heavy atom. The Hall–Kier alpha value is -0.320. The van der Waals surface area contributed by atoms with Gasteiger partial charge in [0.2, 0.25) is 0 Å². The van der Waals surface area contributed by atoms with Gasteiger partial charge in [-0.25, -0.2) is 0 Å². The molecule has 1 aromatic heterocycles. The summed E-state index contributed by atoms with van der Waals surface area (Å²) in [6, 6.07) is 1.88. The molecule has 1 aliphatic heterocycles. The van der Waals surface area contributed by atoms with Crippen molar-refractivity contribution in [3.05, 3.63) is 22.6 Å². The number of aliphatic hydroxyl groups is 1. The number of halogens is 1. The van der Waals surface area contributed by atoms with Gasteiger partial charge in [0.25, 0.3) is 0 Å². The lowest BCUT2D eigenvalue weighted by Gasteiger charge is -2.31. The molecule has 0 spiro atoms. The summed E-state index contributed by atoms with van der Waals surface area (Å²) in [5.74, 6) is 0. The number of hydrogen-bond acceptors (Lipinski definition) is 3. The molecule has 0 bridgehead atoms. The van der Waals surface area contributed by atoms with Crippen molar-refractivity contribution in [1.29, 1.82) is 0 Å². The SMILES string of the molecule is OC1(Cc2coc(Br)c2)CCCOC1. The quantitative estimate of drug-likeness (QED) is 0.886. The Kier molecular flexibility index (Phi) is 2.95. The van der Waals surface area contributed by atoms with Gasteiger partial charge in [-0.05, 0) is 40.4 Å². The summed E-state index contributed by atoms with van der Waals surface area (Å²) in [6.45, 7) is 1.19. The maximum absolute atomic E-state index is 10.2. The summed E-state index contributed by atoms with van der Waals surface area (Å²) in [5.41, 5.74) is 0.298. The summed E-state index contributed by atoms with van der Waals surface area (Å²) in [7, 11) is 0. The van der Waals surface area contributed by atoms with Gasteiger partial charge in [0.15, 0.2) is 4.67 Å². The molecule has 1 fully saturated rings. The van der Waals surface area contributed by atoms with Gasteiger partial charge in [-0.1, -0.05) is 0 Å². The highest BCUT2D eigenvalue weighted by Crippen LogP contribution is 2.25. The van der Waals surface area contributed by atoms with Gasteiger partial charge in [0.05, 0.1) is 18.5 Å². The van der Waals surface area contributed by atoms with Gasteiger partial charge in [-0.3, -0.25) is 0 Å². The van der Waals surface area contributed by atoms with E-state index in [2.05, 4.69) is 15.9 Å². The van der Waals surface area contributed by atoms with Crippen molar-refractivity contribution in [1.82, 2.24) is 0 Å². The normalized spacial score (nSPS) is 27.9. The molecule has 0 aliphatic carbocycles. The molecule has 0 saturated carbocycles. The highest BCUT2D eigenvalue weighted by atomic mass is 79.9. The van der Waals surface area contributed by atoms with E-state index in [0.717, 1.165) is 25.0 Å². The molecule has 1 unspecified atom stereocenters. The Morgan fingerprint density at radius 2 is 2.43 bits per heavy atom. The Bertz CT molecular complexity index is 302. The maximum atomic E-state index is 10.2. The zero-order valence-electron chi connectivity index (χ0n) is 7.83. The minimum absolute atomic E-state index is 0.426. The Balaban J connectivity index is 2.01. The zero-order chi connectivity index (χ0) is 10.0. The van der Waals surface area contributed by atoms with Gasteiger partial charge >= 0.3 is 0 Å². The molecule has 1 N–H and O–H groups in total. The summed E-state index contributed by atoms with van der Waals surface area (Å²) in [5, 5.41) is 10.2. The van der Waals surface area contributed by atoms with E-state index in [9.17, 15) is 5.11 Å². The first-order valence-electron chi connectivity index (χ1n) is 4.71. The first kappa shape index (κ1) is 10.2. The van der Waals surface area contributed by atoms with Crippen LogP contribution >= 0.6 is 15.9 Å². The fraction of sp³-hybridized carbons (Fsp3) is 0.600. The largest absolute Gasteiger partial charge is 0.457 e. The van der Waals surface area contributed by atoms with Gasteiger partial charge in [0, 0.05) is 13.0 Å².